The summed E-state index contributed by atoms with van der Waals surface area (Å²) in [7, 11) is 0. The van der Waals surface area contributed by atoms with Gasteiger partial charge in [-0.1, -0.05) is 17.3 Å². The average molecular weight is 244 g/mol. The van der Waals surface area contributed by atoms with Crippen molar-refractivity contribution in [2.75, 3.05) is 19.8 Å². The number of aromatic nitrogens is 3. The van der Waals surface area contributed by atoms with Gasteiger partial charge in [0.15, 0.2) is 0 Å². The minimum atomic E-state index is 0.407. The highest BCUT2D eigenvalue weighted by atomic mass is 16.5. The molecule has 3 rings (SSSR count). The van der Waals surface area contributed by atoms with Gasteiger partial charge in [-0.05, 0) is 24.1 Å². The molecule has 5 heteroatoms. The molecular formula is C13H16N4O. The largest absolute Gasteiger partial charge is 0.379 e. The summed E-state index contributed by atoms with van der Waals surface area (Å²) in [4.78, 5) is 0. The maximum atomic E-state index is 5.47. The Labute approximate surface area is 106 Å². The average Bonchev–Trinajstić information content (AvgIpc) is 2.94. The number of hydrogen-bond acceptors (Lipinski definition) is 4. The predicted octanol–water partition coefficient (Wildman–Crippen LogP) is 0.798. The Hall–Kier alpha value is -1.72. The van der Waals surface area contributed by atoms with Gasteiger partial charge < -0.3 is 10.1 Å². The van der Waals surface area contributed by atoms with E-state index < -0.39 is 0 Å². The number of rotatable bonds is 3. The van der Waals surface area contributed by atoms with Gasteiger partial charge in [0, 0.05) is 12.6 Å². The summed E-state index contributed by atoms with van der Waals surface area (Å²) in [6.07, 6.45) is 4.51. The van der Waals surface area contributed by atoms with Crippen molar-refractivity contribution in [3.8, 4) is 5.69 Å². The number of hydrogen-bond donors (Lipinski definition) is 1. The summed E-state index contributed by atoms with van der Waals surface area (Å²) >= 11 is 0. The molecule has 1 atom stereocenters. The fraction of sp³-hybridized carbons (Fsp3) is 0.385. The molecular weight excluding hydrogens is 228 g/mol. The van der Waals surface area contributed by atoms with E-state index >= 15 is 0 Å². The zero-order chi connectivity index (χ0) is 12.2. The molecule has 1 N–H and O–H groups in total. The Morgan fingerprint density at radius 2 is 2.44 bits per heavy atom. The molecule has 0 amide bonds. The fourth-order valence-corrected chi connectivity index (χ4v) is 2.21. The van der Waals surface area contributed by atoms with Crippen LogP contribution in [0.1, 0.15) is 5.56 Å². The quantitative estimate of drug-likeness (QED) is 0.867. The van der Waals surface area contributed by atoms with Crippen molar-refractivity contribution in [1.29, 1.82) is 0 Å². The van der Waals surface area contributed by atoms with E-state index in [1.54, 1.807) is 10.9 Å². The second-order valence-electron chi connectivity index (χ2n) is 4.45. The lowest BCUT2D eigenvalue weighted by atomic mass is 10.1. The monoisotopic (exact) mass is 244 g/mol. The molecule has 1 aromatic carbocycles. The molecule has 0 aliphatic carbocycles. The van der Waals surface area contributed by atoms with Crippen LogP contribution in [0.3, 0.4) is 0 Å². The van der Waals surface area contributed by atoms with E-state index in [0.717, 1.165) is 31.9 Å². The summed E-state index contributed by atoms with van der Waals surface area (Å²) in [6, 6.07) is 8.77. The van der Waals surface area contributed by atoms with E-state index in [9.17, 15) is 0 Å². The smallest absolute Gasteiger partial charge is 0.0697 e. The van der Waals surface area contributed by atoms with Gasteiger partial charge in [-0.2, -0.15) is 0 Å². The first-order chi connectivity index (χ1) is 8.92. The lowest BCUT2D eigenvalue weighted by Gasteiger charge is -2.23. The minimum absolute atomic E-state index is 0.407. The fourth-order valence-electron chi connectivity index (χ4n) is 2.21. The van der Waals surface area contributed by atoms with Crippen LogP contribution < -0.4 is 5.32 Å². The maximum absolute atomic E-state index is 5.47. The maximum Gasteiger partial charge on any atom is 0.0697 e. The van der Waals surface area contributed by atoms with Crippen LogP contribution in [0.4, 0.5) is 0 Å². The first kappa shape index (κ1) is 11.4. The highest BCUT2D eigenvalue weighted by molar-refractivity contribution is 5.35. The number of nitrogens with one attached hydrogen (secondary N) is 1. The standard InChI is InChI=1S/C13H16N4O/c1-2-11(8-12-10-18-7-5-14-12)9-13(3-1)17-6-4-15-16-17/h1-4,6,9,12,14H,5,7-8,10H2. The number of benzene rings is 1. The topological polar surface area (TPSA) is 52.0 Å². The van der Waals surface area contributed by atoms with Crippen LogP contribution in [0.25, 0.3) is 5.69 Å². The lowest BCUT2D eigenvalue weighted by Crippen LogP contribution is -2.42. The normalized spacial score (nSPS) is 19.9. The molecule has 1 saturated heterocycles. The molecule has 18 heavy (non-hydrogen) atoms. The molecule has 1 aromatic heterocycles. The molecule has 0 saturated carbocycles. The van der Waals surface area contributed by atoms with Crippen LogP contribution in [0.2, 0.25) is 0 Å². The van der Waals surface area contributed by atoms with Crippen molar-refractivity contribution in [1.82, 2.24) is 20.3 Å². The van der Waals surface area contributed by atoms with E-state index in [-0.39, 0.29) is 0 Å². The molecule has 0 bridgehead atoms. The molecule has 5 nitrogen and oxygen atoms in total. The van der Waals surface area contributed by atoms with E-state index in [1.807, 2.05) is 12.3 Å². The van der Waals surface area contributed by atoms with Crippen LogP contribution >= 0.6 is 0 Å². The van der Waals surface area contributed by atoms with Crippen molar-refractivity contribution in [3.05, 3.63) is 42.2 Å². The van der Waals surface area contributed by atoms with Crippen molar-refractivity contribution in [2.24, 2.45) is 0 Å². The molecule has 1 aliphatic heterocycles. The Kier molecular flexibility index (Phi) is 3.34. The summed E-state index contributed by atoms with van der Waals surface area (Å²) in [5, 5.41) is 11.3. The number of morpholine rings is 1. The molecule has 1 aliphatic rings. The van der Waals surface area contributed by atoms with Crippen LogP contribution in [0.15, 0.2) is 36.7 Å². The second-order valence-corrected chi connectivity index (χ2v) is 4.45. The molecule has 0 radical (unpaired) electrons. The van der Waals surface area contributed by atoms with Gasteiger partial charge in [-0.15, -0.1) is 5.10 Å². The van der Waals surface area contributed by atoms with E-state index in [0.29, 0.717) is 6.04 Å². The highest BCUT2D eigenvalue weighted by Gasteiger charge is 2.13. The SMILES string of the molecule is c1cc(CC2COCCN2)cc(-n2ccnn2)c1. The van der Waals surface area contributed by atoms with E-state index in [1.165, 1.54) is 5.56 Å². The molecule has 2 aromatic rings. The number of ether oxygens (including phenoxy) is 1. The number of nitrogens with zero attached hydrogens (tertiary/aromatic N) is 3. The van der Waals surface area contributed by atoms with Gasteiger partial charge in [0.2, 0.25) is 0 Å². The molecule has 1 unspecified atom stereocenters. The predicted molar refractivity (Wildman–Crippen MR) is 67.7 cm³/mol. The van der Waals surface area contributed by atoms with Crippen LogP contribution in [-0.2, 0) is 11.2 Å². The van der Waals surface area contributed by atoms with Gasteiger partial charge in [-0.3, -0.25) is 0 Å². The summed E-state index contributed by atoms with van der Waals surface area (Å²) in [5.74, 6) is 0. The van der Waals surface area contributed by atoms with Crippen molar-refractivity contribution in [2.45, 2.75) is 12.5 Å². The van der Waals surface area contributed by atoms with Crippen molar-refractivity contribution >= 4 is 0 Å². The van der Waals surface area contributed by atoms with Crippen LogP contribution in [0, 0.1) is 0 Å². The Morgan fingerprint density at radius 3 is 3.22 bits per heavy atom. The summed E-state index contributed by atoms with van der Waals surface area (Å²) < 4.78 is 7.24. The van der Waals surface area contributed by atoms with Gasteiger partial charge in [-0.25, -0.2) is 4.68 Å². The van der Waals surface area contributed by atoms with Gasteiger partial charge in [0.25, 0.3) is 0 Å². The first-order valence-electron chi connectivity index (χ1n) is 6.18. The summed E-state index contributed by atoms with van der Waals surface area (Å²) in [5.41, 5.74) is 2.33. The third kappa shape index (κ3) is 2.57. The Bertz CT molecular complexity index is 491. The zero-order valence-electron chi connectivity index (χ0n) is 10.1. The third-order valence-electron chi connectivity index (χ3n) is 3.08. The third-order valence-corrected chi connectivity index (χ3v) is 3.08. The van der Waals surface area contributed by atoms with Crippen LogP contribution in [-0.4, -0.2) is 40.8 Å². The Balaban J connectivity index is 1.74. The zero-order valence-corrected chi connectivity index (χ0v) is 10.1. The second kappa shape index (κ2) is 5.29. The van der Waals surface area contributed by atoms with Gasteiger partial charge in [0.1, 0.15) is 0 Å². The highest BCUT2D eigenvalue weighted by Crippen LogP contribution is 2.12. The molecule has 0 spiro atoms. The van der Waals surface area contributed by atoms with Crippen molar-refractivity contribution in [3.63, 3.8) is 0 Å². The van der Waals surface area contributed by atoms with Gasteiger partial charge in [0.05, 0.1) is 31.3 Å². The minimum Gasteiger partial charge on any atom is -0.379 e. The van der Waals surface area contributed by atoms with Crippen molar-refractivity contribution < 1.29 is 4.74 Å². The molecule has 1 fully saturated rings. The molecule has 94 valence electrons. The molecule has 2 heterocycles. The van der Waals surface area contributed by atoms with E-state index in [2.05, 4.69) is 33.8 Å². The lowest BCUT2D eigenvalue weighted by molar-refractivity contribution is 0.0770. The van der Waals surface area contributed by atoms with Crippen LogP contribution in [0.5, 0.6) is 0 Å². The summed E-state index contributed by atoms with van der Waals surface area (Å²) in [6.45, 7) is 2.54. The Morgan fingerprint density at radius 1 is 1.44 bits per heavy atom. The van der Waals surface area contributed by atoms with E-state index in [4.69, 9.17) is 4.74 Å². The van der Waals surface area contributed by atoms with Gasteiger partial charge >= 0.3 is 0 Å². The first-order valence-corrected chi connectivity index (χ1v) is 6.18.